The second-order valence-electron chi connectivity index (χ2n) is 6.91. The highest BCUT2D eigenvalue weighted by atomic mass is 79.9. The van der Waals surface area contributed by atoms with Gasteiger partial charge >= 0.3 is 11.3 Å². The number of H-pyrrole nitrogens is 1. The molecular formula is C21H22BrN4O2S+. The first-order chi connectivity index (χ1) is 14.1. The van der Waals surface area contributed by atoms with Gasteiger partial charge in [0.1, 0.15) is 5.75 Å². The summed E-state index contributed by atoms with van der Waals surface area (Å²) < 4.78 is 2.55. The summed E-state index contributed by atoms with van der Waals surface area (Å²) in [5, 5.41) is 18.9. The molecule has 1 atom stereocenters. The molecule has 1 aliphatic rings. The van der Waals surface area contributed by atoms with Gasteiger partial charge in [-0.2, -0.15) is 0 Å². The number of unbranched alkanes of at least 4 members (excludes halogenated alkanes) is 2. The number of thioether (sulfide) groups is 1. The van der Waals surface area contributed by atoms with Crippen molar-refractivity contribution in [2.75, 3.05) is 11.1 Å². The fourth-order valence-electron chi connectivity index (χ4n) is 3.43. The Bertz CT molecular complexity index is 1100. The number of aromatic nitrogens is 3. The van der Waals surface area contributed by atoms with Gasteiger partial charge in [0.05, 0.1) is 16.8 Å². The molecule has 0 unspecified atom stereocenters. The van der Waals surface area contributed by atoms with Gasteiger partial charge in [0.25, 0.3) is 6.17 Å². The summed E-state index contributed by atoms with van der Waals surface area (Å²) in [6.07, 6.45) is 2.95. The van der Waals surface area contributed by atoms with E-state index in [0.717, 1.165) is 46.3 Å². The molecule has 0 bridgehead atoms. The maximum atomic E-state index is 13.0. The Morgan fingerprint density at radius 1 is 1.24 bits per heavy atom. The third kappa shape index (κ3) is 4.04. The van der Waals surface area contributed by atoms with Crippen LogP contribution in [0.3, 0.4) is 0 Å². The van der Waals surface area contributed by atoms with E-state index in [0.29, 0.717) is 10.9 Å². The Balaban J connectivity index is 1.83. The van der Waals surface area contributed by atoms with E-state index < -0.39 is 6.17 Å². The van der Waals surface area contributed by atoms with E-state index in [1.807, 2.05) is 24.3 Å². The third-order valence-electron chi connectivity index (χ3n) is 4.84. The largest absolute Gasteiger partial charge is 0.508 e. The Kier molecular flexibility index (Phi) is 5.91. The molecule has 0 saturated heterocycles. The third-order valence-corrected chi connectivity index (χ3v) is 6.52. The summed E-state index contributed by atoms with van der Waals surface area (Å²) in [5.74, 6) is 1.06. The highest BCUT2D eigenvalue weighted by Crippen LogP contribution is 2.35. The molecule has 2 aromatic carbocycles. The van der Waals surface area contributed by atoms with Crippen molar-refractivity contribution in [1.82, 2.24) is 10.1 Å². The molecule has 0 aliphatic carbocycles. The van der Waals surface area contributed by atoms with Gasteiger partial charge in [-0.05, 0) is 41.4 Å². The molecule has 0 amide bonds. The van der Waals surface area contributed by atoms with Gasteiger partial charge in [-0.3, -0.25) is 9.78 Å². The maximum Gasteiger partial charge on any atom is 0.325 e. The van der Waals surface area contributed by atoms with Crippen LogP contribution in [0.15, 0.2) is 56.9 Å². The van der Waals surface area contributed by atoms with Crippen molar-refractivity contribution < 1.29 is 9.79 Å². The fraction of sp³-hybridized carbons (Fsp3) is 0.286. The number of para-hydroxylation sites is 1. The molecule has 150 valence electrons. The lowest BCUT2D eigenvalue weighted by atomic mass is 10.0. The second-order valence-corrected chi connectivity index (χ2v) is 8.84. The number of hydrogen-bond donors (Lipinski definition) is 3. The maximum absolute atomic E-state index is 13.0. The van der Waals surface area contributed by atoms with E-state index in [-0.39, 0.29) is 11.3 Å². The first-order valence-corrected chi connectivity index (χ1v) is 11.4. The van der Waals surface area contributed by atoms with Crippen LogP contribution in [-0.4, -0.2) is 20.9 Å². The summed E-state index contributed by atoms with van der Waals surface area (Å²) in [6, 6.07) is 12.8. The number of aromatic hydroxyl groups is 1. The van der Waals surface area contributed by atoms with Crippen LogP contribution in [0.5, 0.6) is 5.75 Å². The molecule has 2 heterocycles. The predicted octanol–water partition coefficient (Wildman–Crippen LogP) is 4.45. The molecule has 8 heteroatoms. The number of phenols is 1. The summed E-state index contributed by atoms with van der Waals surface area (Å²) in [7, 11) is 0. The lowest BCUT2D eigenvalue weighted by Gasteiger charge is -2.23. The van der Waals surface area contributed by atoms with Gasteiger partial charge in [-0.25, -0.2) is 0 Å². The Morgan fingerprint density at radius 3 is 2.90 bits per heavy atom. The van der Waals surface area contributed by atoms with Crippen molar-refractivity contribution in [2.45, 2.75) is 37.5 Å². The van der Waals surface area contributed by atoms with Crippen molar-refractivity contribution in [3.05, 3.63) is 62.9 Å². The zero-order valence-electron chi connectivity index (χ0n) is 16.0. The Hall–Kier alpha value is -2.32. The minimum atomic E-state index is -0.432. The van der Waals surface area contributed by atoms with Crippen LogP contribution < -0.4 is 15.6 Å². The summed E-state index contributed by atoms with van der Waals surface area (Å²) in [6.45, 7) is 2.17. The number of nitrogens with one attached hydrogen (secondary N) is 2. The van der Waals surface area contributed by atoms with Crippen molar-refractivity contribution in [2.24, 2.45) is 0 Å². The zero-order chi connectivity index (χ0) is 20.4. The van der Waals surface area contributed by atoms with Gasteiger partial charge in [0.2, 0.25) is 5.16 Å². The number of aromatic amines is 1. The van der Waals surface area contributed by atoms with Crippen LogP contribution >= 0.6 is 27.7 Å². The quantitative estimate of drug-likeness (QED) is 0.280. The summed E-state index contributed by atoms with van der Waals surface area (Å²) in [5.41, 5.74) is 2.77. The number of rotatable bonds is 6. The molecule has 29 heavy (non-hydrogen) atoms. The van der Waals surface area contributed by atoms with Gasteiger partial charge in [0.15, 0.2) is 0 Å². The minimum absolute atomic E-state index is 0.157. The van der Waals surface area contributed by atoms with Gasteiger partial charge < -0.3 is 10.4 Å². The topological polar surface area (TPSA) is 81.9 Å². The molecule has 3 N–H and O–H groups in total. The van der Waals surface area contributed by atoms with Crippen LogP contribution in [0.4, 0.5) is 5.69 Å². The SMILES string of the molecule is CCCCCSc1n[n+]2c(c(=O)[nH]1)-c1ccccc1N[C@H]2c1cc(O)ccc1Br. The number of benzene rings is 2. The normalized spacial score (nSPS) is 14.8. The van der Waals surface area contributed by atoms with Crippen molar-refractivity contribution in [3.63, 3.8) is 0 Å². The first kappa shape index (κ1) is 20.0. The van der Waals surface area contributed by atoms with Gasteiger partial charge in [-0.1, -0.05) is 59.6 Å². The molecular weight excluding hydrogens is 452 g/mol. The lowest BCUT2D eigenvalue weighted by Crippen LogP contribution is -2.55. The monoisotopic (exact) mass is 473 g/mol. The first-order valence-electron chi connectivity index (χ1n) is 9.61. The van der Waals surface area contributed by atoms with Gasteiger partial charge in [-0.15, -0.1) is 0 Å². The number of halogens is 1. The van der Waals surface area contributed by atoms with E-state index in [1.165, 1.54) is 0 Å². The van der Waals surface area contributed by atoms with Crippen molar-refractivity contribution in [3.8, 4) is 17.0 Å². The molecule has 0 saturated carbocycles. The summed E-state index contributed by atoms with van der Waals surface area (Å²) in [4.78, 5) is 16.0. The van der Waals surface area contributed by atoms with Crippen LogP contribution in [0, 0.1) is 0 Å². The zero-order valence-corrected chi connectivity index (χ0v) is 18.4. The van der Waals surface area contributed by atoms with E-state index >= 15 is 0 Å². The van der Waals surface area contributed by atoms with E-state index in [1.54, 1.807) is 34.6 Å². The number of phenolic OH excluding ortho intramolecular Hbond substituents is 1. The van der Waals surface area contributed by atoms with E-state index in [2.05, 4.69) is 33.2 Å². The number of nitrogens with zero attached hydrogens (tertiary/aromatic N) is 2. The molecule has 6 nitrogen and oxygen atoms in total. The highest BCUT2D eigenvalue weighted by molar-refractivity contribution is 9.10. The number of anilines is 1. The standard InChI is InChI=1S/C21H21BrN4O2S/c1-2-3-6-11-29-21-24-20(28)18-14-7-4-5-8-17(14)23-19(26(18)25-21)15-12-13(27)9-10-16(15)22/h4-5,7-10,12,19H,2-3,6,11H2,1H3,(H2,24,25,27,28)/p+1/t19-/m1/s1. The van der Waals surface area contributed by atoms with Crippen LogP contribution in [0.1, 0.15) is 37.9 Å². The Labute approximate surface area is 181 Å². The van der Waals surface area contributed by atoms with E-state index in [9.17, 15) is 9.90 Å². The van der Waals surface area contributed by atoms with Crippen molar-refractivity contribution in [1.29, 1.82) is 0 Å². The van der Waals surface area contributed by atoms with Crippen LogP contribution in [0.2, 0.25) is 0 Å². The number of hydrogen-bond acceptors (Lipinski definition) is 5. The molecule has 0 fully saturated rings. The second kappa shape index (κ2) is 8.59. The van der Waals surface area contributed by atoms with Crippen molar-refractivity contribution >= 4 is 33.4 Å². The molecule has 1 aromatic heterocycles. The average Bonchev–Trinajstić information content (AvgIpc) is 2.72. The molecule has 0 spiro atoms. The average molecular weight is 474 g/mol. The lowest BCUT2D eigenvalue weighted by molar-refractivity contribution is -0.759. The van der Waals surface area contributed by atoms with E-state index in [4.69, 9.17) is 5.10 Å². The molecule has 4 rings (SSSR count). The number of fused-ring (bicyclic) bond motifs is 3. The predicted molar refractivity (Wildman–Crippen MR) is 118 cm³/mol. The molecule has 1 aliphatic heterocycles. The summed E-state index contributed by atoms with van der Waals surface area (Å²) >= 11 is 5.13. The van der Waals surface area contributed by atoms with Crippen LogP contribution in [0.25, 0.3) is 11.3 Å². The minimum Gasteiger partial charge on any atom is -0.508 e. The van der Waals surface area contributed by atoms with Gasteiger partial charge in [0, 0.05) is 15.3 Å². The van der Waals surface area contributed by atoms with Crippen LogP contribution in [-0.2, 0) is 0 Å². The molecule has 0 radical (unpaired) electrons. The highest BCUT2D eigenvalue weighted by Gasteiger charge is 2.38. The smallest absolute Gasteiger partial charge is 0.325 e. The molecule has 3 aromatic rings. The fourth-order valence-corrected chi connectivity index (χ4v) is 4.74. The Morgan fingerprint density at radius 2 is 2.07 bits per heavy atom.